The van der Waals surface area contributed by atoms with Crippen molar-refractivity contribution in [3.05, 3.63) is 54.1 Å². The fraction of sp³-hybridized carbons (Fsp3) is 0.381. The Morgan fingerprint density at radius 1 is 1.07 bits per heavy atom. The van der Waals surface area contributed by atoms with Crippen LogP contribution in [0.25, 0.3) is 0 Å². The number of amides is 1. The number of ether oxygens (including phenoxy) is 1. The van der Waals surface area contributed by atoms with Gasteiger partial charge in [-0.15, -0.1) is 0 Å². The predicted molar refractivity (Wildman–Crippen MR) is 111 cm³/mol. The molecule has 0 heterocycles. The highest BCUT2D eigenvalue weighted by Gasteiger charge is 2.29. The van der Waals surface area contributed by atoms with Gasteiger partial charge in [0.1, 0.15) is 12.3 Å². The molecule has 0 aliphatic heterocycles. The molecule has 1 N–H and O–H groups in total. The summed E-state index contributed by atoms with van der Waals surface area (Å²) in [6, 6.07) is 13.2. The molecule has 28 heavy (non-hydrogen) atoms. The van der Waals surface area contributed by atoms with Crippen molar-refractivity contribution in [1.29, 1.82) is 0 Å². The van der Waals surface area contributed by atoms with Crippen molar-refractivity contribution in [1.82, 2.24) is 5.32 Å². The molecule has 7 heteroatoms. The monoisotopic (exact) mass is 404 g/mol. The molecule has 2 aromatic rings. The number of hydrogen-bond donors (Lipinski definition) is 1. The number of carbonyl (C=O) groups excluding carboxylic acids is 1. The van der Waals surface area contributed by atoms with E-state index in [4.69, 9.17) is 4.74 Å². The van der Waals surface area contributed by atoms with Crippen LogP contribution >= 0.6 is 0 Å². The van der Waals surface area contributed by atoms with Gasteiger partial charge in [0, 0.05) is 5.54 Å². The highest BCUT2D eigenvalue weighted by molar-refractivity contribution is 7.92. The average molecular weight is 405 g/mol. The maximum absolute atomic E-state index is 13.3. The lowest BCUT2D eigenvalue weighted by molar-refractivity contribution is -0.121. The summed E-state index contributed by atoms with van der Waals surface area (Å²) in [4.78, 5) is 12.8. The summed E-state index contributed by atoms with van der Waals surface area (Å²) in [5.41, 5.74) is 0.930. The molecule has 152 valence electrons. The fourth-order valence-electron chi connectivity index (χ4n) is 2.54. The van der Waals surface area contributed by atoms with E-state index in [1.54, 1.807) is 48.5 Å². The predicted octanol–water partition coefficient (Wildman–Crippen LogP) is 3.50. The van der Waals surface area contributed by atoms with Gasteiger partial charge in [0.15, 0.2) is 0 Å². The number of nitrogens with one attached hydrogen (secondary N) is 1. The normalized spacial score (nSPS) is 11.8. The van der Waals surface area contributed by atoms with E-state index in [0.717, 1.165) is 16.3 Å². The Balaban J connectivity index is 2.43. The zero-order chi connectivity index (χ0) is 20.9. The third-order valence-electron chi connectivity index (χ3n) is 4.62. The Morgan fingerprint density at radius 3 is 2.14 bits per heavy atom. The van der Waals surface area contributed by atoms with E-state index in [9.17, 15) is 13.2 Å². The average Bonchev–Trinajstić information content (AvgIpc) is 2.66. The van der Waals surface area contributed by atoms with Crippen molar-refractivity contribution in [2.75, 3.05) is 18.0 Å². The molecule has 0 saturated heterocycles. The maximum atomic E-state index is 13.3. The third kappa shape index (κ3) is 5.25. The topological polar surface area (TPSA) is 75.7 Å². The Hall–Kier alpha value is -2.54. The van der Waals surface area contributed by atoms with E-state index in [0.29, 0.717) is 11.4 Å². The maximum Gasteiger partial charge on any atom is 0.264 e. The number of nitrogens with zero attached hydrogens (tertiary/aromatic N) is 1. The van der Waals surface area contributed by atoms with Gasteiger partial charge in [-0.05, 0) is 63.6 Å². The van der Waals surface area contributed by atoms with E-state index in [1.807, 2.05) is 27.7 Å². The van der Waals surface area contributed by atoms with E-state index < -0.39 is 15.6 Å². The van der Waals surface area contributed by atoms with Gasteiger partial charge in [-0.2, -0.15) is 0 Å². The van der Waals surface area contributed by atoms with Gasteiger partial charge in [0.25, 0.3) is 10.0 Å². The first-order valence-corrected chi connectivity index (χ1v) is 10.6. The van der Waals surface area contributed by atoms with Gasteiger partial charge in [0.05, 0.1) is 17.7 Å². The van der Waals surface area contributed by atoms with Crippen molar-refractivity contribution in [2.24, 2.45) is 0 Å². The number of benzene rings is 2. The Kier molecular flexibility index (Phi) is 6.72. The van der Waals surface area contributed by atoms with Crippen LogP contribution < -0.4 is 14.4 Å². The molecule has 2 aromatic carbocycles. The second kappa shape index (κ2) is 8.65. The van der Waals surface area contributed by atoms with Crippen LogP contribution in [0.2, 0.25) is 0 Å². The van der Waals surface area contributed by atoms with Gasteiger partial charge in [-0.1, -0.05) is 24.6 Å². The van der Waals surface area contributed by atoms with Crippen LogP contribution in [0.4, 0.5) is 5.69 Å². The minimum absolute atomic E-state index is 0.136. The summed E-state index contributed by atoms with van der Waals surface area (Å²) in [6.45, 7) is 7.34. The lowest BCUT2D eigenvalue weighted by Crippen LogP contribution is -2.48. The highest BCUT2D eigenvalue weighted by atomic mass is 32.2. The molecule has 0 radical (unpaired) electrons. The highest BCUT2D eigenvalue weighted by Crippen LogP contribution is 2.26. The Morgan fingerprint density at radius 2 is 1.64 bits per heavy atom. The summed E-state index contributed by atoms with van der Waals surface area (Å²) < 4.78 is 32.8. The van der Waals surface area contributed by atoms with Gasteiger partial charge < -0.3 is 10.1 Å². The molecule has 1 amide bonds. The van der Waals surface area contributed by atoms with Crippen LogP contribution in [0, 0.1) is 6.92 Å². The molecule has 0 fully saturated rings. The lowest BCUT2D eigenvalue weighted by atomic mass is 10.0. The molecule has 0 atom stereocenters. The Bertz CT molecular complexity index is 904. The lowest BCUT2D eigenvalue weighted by Gasteiger charge is -2.28. The number of anilines is 1. The number of rotatable bonds is 8. The zero-order valence-corrected chi connectivity index (χ0v) is 17.8. The first-order chi connectivity index (χ1) is 13.1. The van der Waals surface area contributed by atoms with Crippen LogP contribution in [0.3, 0.4) is 0 Å². The van der Waals surface area contributed by atoms with Crippen LogP contribution in [0.5, 0.6) is 5.75 Å². The van der Waals surface area contributed by atoms with Crippen molar-refractivity contribution >= 4 is 21.6 Å². The van der Waals surface area contributed by atoms with Crippen LogP contribution in [0.1, 0.15) is 32.8 Å². The summed E-state index contributed by atoms with van der Waals surface area (Å²) in [5, 5.41) is 2.89. The Labute approximate surface area is 167 Å². The first-order valence-electron chi connectivity index (χ1n) is 9.13. The standard InChI is InChI=1S/C21H28N2O4S/c1-6-21(3,4)22-20(24)15-23(17-9-11-18(27-5)12-10-17)28(25,26)19-13-7-16(2)8-14-19/h7-14H,6,15H2,1-5H3,(H,22,24). The van der Waals surface area contributed by atoms with Crippen molar-refractivity contribution < 1.29 is 17.9 Å². The van der Waals surface area contributed by atoms with E-state index in [-0.39, 0.29) is 17.3 Å². The number of aryl methyl sites for hydroxylation is 1. The van der Waals surface area contributed by atoms with Gasteiger partial charge in [-0.3, -0.25) is 9.10 Å². The second-order valence-electron chi connectivity index (χ2n) is 7.31. The number of hydrogen-bond acceptors (Lipinski definition) is 4. The van der Waals surface area contributed by atoms with Crippen LogP contribution in [0.15, 0.2) is 53.4 Å². The van der Waals surface area contributed by atoms with Gasteiger partial charge >= 0.3 is 0 Å². The zero-order valence-electron chi connectivity index (χ0n) is 17.0. The molecule has 0 saturated carbocycles. The van der Waals surface area contributed by atoms with Gasteiger partial charge in [-0.25, -0.2) is 8.42 Å². The smallest absolute Gasteiger partial charge is 0.264 e. The molecule has 6 nitrogen and oxygen atoms in total. The molecular formula is C21H28N2O4S. The van der Waals surface area contributed by atoms with Crippen LogP contribution in [-0.4, -0.2) is 33.5 Å². The number of carbonyl (C=O) groups is 1. The van der Waals surface area contributed by atoms with E-state index in [2.05, 4.69) is 5.32 Å². The molecule has 2 rings (SSSR count). The van der Waals surface area contributed by atoms with Gasteiger partial charge in [0.2, 0.25) is 5.91 Å². The molecule has 0 aliphatic carbocycles. The first kappa shape index (κ1) is 21.8. The minimum Gasteiger partial charge on any atom is -0.497 e. The van der Waals surface area contributed by atoms with Crippen molar-refractivity contribution in [3.8, 4) is 5.75 Å². The van der Waals surface area contributed by atoms with E-state index in [1.165, 1.54) is 7.11 Å². The molecular weight excluding hydrogens is 376 g/mol. The largest absolute Gasteiger partial charge is 0.497 e. The third-order valence-corrected chi connectivity index (χ3v) is 6.41. The summed E-state index contributed by atoms with van der Waals surface area (Å²) >= 11 is 0. The van der Waals surface area contributed by atoms with Crippen molar-refractivity contribution in [3.63, 3.8) is 0 Å². The van der Waals surface area contributed by atoms with Crippen LogP contribution in [-0.2, 0) is 14.8 Å². The number of sulfonamides is 1. The quantitative estimate of drug-likeness (QED) is 0.731. The summed E-state index contributed by atoms with van der Waals surface area (Å²) in [7, 11) is -2.38. The molecule has 0 bridgehead atoms. The van der Waals surface area contributed by atoms with Crippen molar-refractivity contribution in [2.45, 2.75) is 44.6 Å². The second-order valence-corrected chi connectivity index (χ2v) is 9.17. The molecule has 0 aromatic heterocycles. The number of methoxy groups -OCH3 is 1. The molecule has 0 unspecified atom stereocenters. The summed E-state index contributed by atoms with van der Waals surface area (Å²) in [6.07, 6.45) is 0.728. The fourth-order valence-corrected chi connectivity index (χ4v) is 3.96. The SMILES string of the molecule is CCC(C)(C)NC(=O)CN(c1ccc(OC)cc1)S(=O)(=O)c1ccc(C)cc1. The molecule has 0 aliphatic rings. The molecule has 0 spiro atoms. The minimum atomic E-state index is -3.92. The van der Waals surface area contributed by atoms with E-state index >= 15 is 0 Å². The summed E-state index contributed by atoms with van der Waals surface area (Å²) in [5.74, 6) is 0.242.